The number of aliphatic hydroxyl groups is 1. The maximum Gasteiger partial charge on any atom is 0.195 e. The van der Waals surface area contributed by atoms with Gasteiger partial charge >= 0.3 is 0 Å². The SMILES string of the molecule is COC1=CCC(CN(O)C[C@@H]2CC3[C@@H]4C[C@H](F)C5=CC(=O)C=C[C@]5(C)[C@@]4(F)[C@@H](O)C[C@]3(C)[C@H]2C(=O)SCF)C=C1. The normalized spacial score (nSPS) is 44.0. The van der Waals surface area contributed by atoms with Gasteiger partial charge in [0.1, 0.15) is 17.9 Å². The van der Waals surface area contributed by atoms with E-state index in [1.165, 1.54) is 24.1 Å². The largest absolute Gasteiger partial charge is 0.497 e. The van der Waals surface area contributed by atoms with Crippen molar-refractivity contribution in [1.82, 2.24) is 5.06 Å². The van der Waals surface area contributed by atoms with Gasteiger partial charge in [0, 0.05) is 30.3 Å². The van der Waals surface area contributed by atoms with Gasteiger partial charge in [-0.15, -0.1) is 0 Å². The first-order valence-electron chi connectivity index (χ1n) is 13.9. The summed E-state index contributed by atoms with van der Waals surface area (Å²) in [6, 6.07) is -0.913. The van der Waals surface area contributed by atoms with Crippen LogP contribution < -0.4 is 0 Å². The summed E-state index contributed by atoms with van der Waals surface area (Å²) in [5, 5.41) is 23.2. The average Bonchev–Trinajstić information content (AvgIpc) is 3.18. The molecule has 5 aliphatic rings. The van der Waals surface area contributed by atoms with Gasteiger partial charge in [0.05, 0.1) is 13.2 Å². The van der Waals surface area contributed by atoms with E-state index in [0.29, 0.717) is 31.1 Å². The Kier molecular flexibility index (Phi) is 7.96. The Hall–Kier alpha value is -1.88. The van der Waals surface area contributed by atoms with Gasteiger partial charge < -0.3 is 15.1 Å². The molecule has 0 heterocycles. The summed E-state index contributed by atoms with van der Waals surface area (Å²) in [5.41, 5.74) is -4.64. The van der Waals surface area contributed by atoms with Gasteiger partial charge in [-0.05, 0) is 85.7 Å². The molecular weight excluding hydrogens is 543 g/mol. The van der Waals surface area contributed by atoms with E-state index in [2.05, 4.69) is 0 Å². The van der Waals surface area contributed by atoms with E-state index in [-0.39, 0.29) is 30.9 Å². The molecule has 6 nitrogen and oxygen atoms in total. The molecule has 0 aliphatic heterocycles. The molecule has 10 heteroatoms. The highest BCUT2D eigenvalue weighted by Crippen LogP contribution is 2.70. The molecule has 0 radical (unpaired) electrons. The molecule has 0 amide bonds. The molecule has 5 rings (SSSR count). The van der Waals surface area contributed by atoms with Crippen LogP contribution in [-0.2, 0) is 14.3 Å². The summed E-state index contributed by atoms with van der Waals surface area (Å²) in [6.45, 7) is 3.77. The van der Waals surface area contributed by atoms with Crippen molar-refractivity contribution in [2.75, 3.05) is 26.2 Å². The number of methoxy groups -OCH3 is 1. The molecule has 0 bridgehead atoms. The summed E-state index contributed by atoms with van der Waals surface area (Å²) in [4.78, 5) is 25.4. The predicted molar refractivity (Wildman–Crippen MR) is 145 cm³/mol. The van der Waals surface area contributed by atoms with Crippen LogP contribution in [-0.4, -0.2) is 70.4 Å². The number of hydrogen-bond donors (Lipinski definition) is 2. The molecule has 0 spiro atoms. The van der Waals surface area contributed by atoms with E-state index >= 15 is 8.78 Å². The topological polar surface area (TPSA) is 87.1 Å². The van der Waals surface area contributed by atoms with Crippen LogP contribution in [0.4, 0.5) is 13.2 Å². The second-order valence-electron chi connectivity index (χ2n) is 12.5. The molecule has 2 N–H and O–H groups in total. The number of nitrogens with zero attached hydrogens (tertiary/aromatic N) is 1. The summed E-state index contributed by atoms with van der Waals surface area (Å²) < 4.78 is 51.7. The van der Waals surface area contributed by atoms with Gasteiger partial charge in [-0.25, -0.2) is 13.2 Å². The van der Waals surface area contributed by atoms with Gasteiger partial charge in [0.15, 0.2) is 16.6 Å². The van der Waals surface area contributed by atoms with Gasteiger partial charge in [-0.2, -0.15) is 5.06 Å². The number of hydrogen-bond acceptors (Lipinski definition) is 7. The van der Waals surface area contributed by atoms with Crippen molar-refractivity contribution >= 4 is 22.7 Å². The molecule has 2 unspecified atom stereocenters. The molecule has 40 heavy (non-hydrogen) atoms. The van der Waals surface area contributed by atoms with Crippen molar-refractivity contribution in [1.29, 1.82) is 0 Å². The lowest BCUT2D eigenvalue weighted by atomic mass is 9.45. The van der Waals surface area contributed by atoms with Crippen molar-refractivity contribution in [3.63, 3.8) is 0 Å². The highest BCUT2D eigenvalue weighted by atomic mass is 32.2. The molecule has 0 aromatic heterocycles. The van der Waals surface area contributed by atoms with Crippen LogP contribution in [0.3, 0.4) is 0 Å². The third kappa shape index (κ3) is 4.53. The minimum Gasteiger partial charge on any atom is -0.497 e. The Morgan fingerprint density at radius 2 is 1.98 bits per heavy atom. The van der Waals surface area contributed by atoms with Crippen LogP contribution in [0.2, 0.25) is 0 Å². The van der Waals surface area contributed by atoms with Crippen molar-refractivity contribution in [3.8, 4) is 0 Å². The predicted octanol–water partition coefficient (Wildman–Crippen LogP) is 5.13. The van der Waals surface area contributed by atoms with Gasteiger partial charge in [-0.3, -0.25) is 9.59 Å². The number of fused-ring (bicyclic) bond motifs is 5. The minimum atomic E-state index is -2.25. The molecule has 0 aromatic carbocycles. The first-order valence-corrected chi connectivity index (χ1v) is 14.9. The van der Waals surface area contributed by atoms with Crippen LogP contribution in [0.5, 0.6) is 0 Å². The molecular formula is C30H38F3NO5S. The first kappa shape index (κ1) is 29.6. The summed E-state index contributed by atoms with van der Waals surface area (Å²) in [7, 11) is 1.59. The Balaban J connectivity index is 1.45. The quantitative estimate of drug-likeness (QED) is 0.403. The van der Waals surface area contributed by atoms with Crippen LogP contribution in [0.1, 0.15) is 39.5 Å². The number of aliphatic hydroxyl groups excluding tert-OH is 1. The number of ketones is 1. The fourth-order valence-electron chi connectivity index (χ4n) is 8.72. The molecule has 0 aromatic rings. The van der Waals surface area contributed by atoms with E-state index in [1.807, 2.05) is 25.2 Å². The van der Waals surface area contributed by atoms with E-state index in [4.69, 9.17) is 4.74 Å². The molecule has 0 saturated heterocycles. The number of allylic oxidation sites excluding steroid dienone is 6. The number of rotatable bonds is 7. The van der Waals surface area contributed by atoms with Gasteiger partial charge in [0.25, 0.3) is 0 Å². The molecule has 10 atom stereocenters. The number of carbonyl (C=O) groups is 2. The summed E-state index contributed by atoms with van der Waals surface area (Å²) >= 11 is 0.554. The summed E-state index contributed by atoms with van der Waals surface area (Å²) in [6.07, 6.45) is 7.11. The van der Waals surface area contributed by atoms with Crippen LogP contribution in [0.15, 0.2) is 47.8 Å². The Morgan fingerprint density at radius 3 is 2.62 bits per heavy atom. The minimum absolute atomic E-state index is 0.0226. The van der Waals surface area contributed by atoms with Gasteiger partial charge in [-0.1, -0.05) is 30.8 Å². The standard InChI is InChI=1S/C30H38F3NO5S/c1-28-13-25(36)30(33)22(12-24(32)23-11-19(35)8-9-29(23,30)2)21(28)10-18(26(28)27(37)40-16-31)15-34(38)14-17-4-6-20(39-3)7-5-17/h4,6-9,11,17-18,21-22,24-26,36,38H,5,10,12-16H2,1-3H3/t17?,18-,21?,22-,24-,25-,26+,28-,29-,30-/m0/s1. The highest BCUT2D eigenvalue weighted by Gasteiger charge is 2.73. The fraction of sp³-hybridized carbons (Fsp3) is 0.667. The number of ether oxygens (including phenoxy) is 1. The number of alkyl halides is 3. The van der Waals surface area contributed by atoms with Crippen LogP contribution in [0.25, 0.3) is 0 Å². The van der Waals surface area contributed by atoms with Gasteiger partial charge in [0.2, 0.25) is 0 Å². The zero-order chi connectivity index (χ0) is 29.0. The first-order chi connectivity index (χ1) is 18.9. The van der Waals surface area contributed by atoms with Crippen LogP contribution >= 0.6 is 11.8 Å². The lowest BCUT2D eigenvalue weighted by Crippen LogP contribution is -2.68. The zero-order valence-corrected chi connectivity index (χ0v) is 23.9. The van der Waals surface area contributed by atoms with E-state index in [0.717, 1.165) is 11.8 Å². The van der Waals surface area contributed by atoms with Crippen molar-refractivity contribution in [2.24, 2.45) is 40.4 Å². The lowest BCUT2D eigenvalue weighted by Gasteiger charge is -2.62. The number of hydroxylamine groups is 2. The van der Waals surface area contributed by atoms with E-state index < -0.39 is 69.4 Å². The number of thioether (sulfide) groups is 1. The second-order valence-corrected chi connectivity index (χ2v) is 13.4. The van der Waals surface area contributed by atoms with E-state index in [1.54, 1.807) is 7.11 Å². The number of carbonyl (C=O) groups excluding carboxylic acids is 2. The molecule has 3 fully saturated rings. The van der Waals surface area contributed by atoms with Crippen molar-refractivity contribution < 1.29 is 37.8 Å². The average molecular weight is 582 g/mol. The number of halogens is 3. The second kappa shape index (κ2) is 10.7. The summed E-state index contributed by atoms with van der Waals surface area (Å²) in [5.74, 6) is -2.25. The third-order valence-corrected chi connectivity index (χ3v) is 11.2. The third-order valence-electron chi connectivity index (χ3n) is 10.5. The lowest BCUT2D eigenvalue weighted by molar-refractivity contribution is -0.201. The molecule has 3 saturated carbocycles. The van der Waals surface area contributed by atoms with Crippen molar-refractivity contribution in [3.05, 3.63) is 47.8 Å². The monoisotopic (exact) mass is 581 g/mol. The maximum absolute atomic E-state index is 17.4. The smallest absolute Gasteiger partial charge is 0.195 e. The Morgan fingerprint density at radius 1 is 1.23 bits per heavy atom. The highest BCUT2D eigenvalue weighted by molar-refractivity contribution is 8.13. The van der Waals surface area contributed by atoms with E-state index in [9.17, 15) is 24.3 Å². The van der Waals surface area contributed by atoms with Crippen LogP contribution in [0, 0.1) is 40.4 Å². The Labute approximate surface area is 237 Å². The Bertz CT molecular complexity index is 1170. The fourth-order valence-corrected chi connectivity index (χ4v) is 9.47. The van der Waals surface area contributed by atoms with Crippen molar-refractivity contribution in [2.45, 2.75) is 57.5 Å². The molecule has 220 valence electrons. The zero-order valence-electron chi connectivity index (χ0n) is 23.1. The molecule has 5 aliphatic carbocycles. The maximum atomic E-state index is 17.4.